The van der Waals surface area contributed by atoms with Gasteiger partial charge in [0.05, 0.1) is 5.69 Å². The van der Waals surface area contributed by atoms with Crippen molar-refractivity contribution in [1.29, 1.82) is 0 Å². The van der Waals surface area contributed by atoms with Crippen LogP contribution in [0.1, 0.15) is 17.7 Å². The number of aromatic nitrogens is 2. The molecule has 2 aromatic rings. The molecule has 0 fully saturated rings. The van der Waals surface area contributed by atoms with Crippen molar-refractivity contribution >= 4 is 0 Å². The number of benzene rings is 1. The van der Waals surface area contributed by atoms with Crippen molar-refractivity contribution in [2.75, 3.05) is 13.6 Å². The lowest BCUT2D eigenvalue weighted by Gasteiger charge is -1.97. The van der Waals surface area contributed by atoms with E-state index in [0.717, 1.165) is 25.1 Å². The average Bonchev–Trinajstić information content (AvgIpc) is 2.78. The number of aryl methyl sites for hydroxylation is 2. The van der Waals surface area contributed by atoms with Gasteiger partial charge in [0, 0.05) is 11.3 Å². The lowest BCUT2D eigenvalue weighted by atomic mass is 10.1. The van der Waals surface area contributed by atoms with Gasteiger partial charge in [-0.1, -0.05) is 23.8 Å². The average molecular weight is 229 g/mol. The first kappa shape index (κ1) is 11.9. The maximum absolute atomic E-state index is 4.36. The summed E-state index contributed by atoms with van der Waals surface area (Å²) in [5.41, 5.74) is 4.69. The third-order valence-electron chi connectivity index (χ3n) is 2.82. The molecule has 0 unspecified atom stereocenters. The highest BCUT2D eigenvalue weighted by Crippen LogP contribution is 2.19. The zero-order valence-corrected chi connectivity index (χ0v) is 10.5. The molecule has 3 heteroatoms. The highest BCUT2D eigenvalue weighted by atomic mass is 15.1. The van der Waals surface area contributed by atoms with Crippen molar-refractivity contribution in [3.05, 3.63) is 41.6 Å². The van der Waals surface area contributed by atoms with Crippen molar-refractivity contribution < 1.29 is 0 Å². The van der Waals surface area contributed by atoms with Crippen LogP contribution in [0.5, 0.6) is 0 Å². The van der Waals surface area contributed by atoms with Gasteiger partial charge in [0.15, 0.2) is 0 Å². The van der Waals surface area contributed by atoms with Crippen molar-refractivity contribution in [2.24, 2.45) is 0 Å². The zero-order valence-electron chi connectivity index (χ0n) is 10.5. The molecule has 0 saturated heterocycles. The van der Waals surface area contributed by atoms with E-state index in [1.807, 2.05) is 7.05 Å². The third kappa shape index (κ3) is 3.17. The Labute approximate surface area is 102 Å². The minimum absolute atomic E-state index is 1.04. The van der Waals surface area contributed by atoms with Crippen molar-refractivity contribution in [2.45, 2.75) is 19.8 Å². The quantitative estimate of drug-likeness (QED) is 0.773. The van der Waals surface area contributed by atoms with Crippen molar-refractivity contribution in [1.82, 2.24) is 15.5 Å². The van der Waals surface area contributed by atoms with Crippen LogP contribution in [0.4, 0.5) is 0 Å². The smallest absolute Gasteiger partial charge is 0.0923 e. The van der Waals surface area contributed by atoms with Crippen LogP contribution in [-0.2, 0) is 6.42 Å². The minimum atomic E-state index is 1.04. The summed E-state index contributed by atoms with van der Waals surface area (Å²) in [5.74, 6) is 0. The number of aromatic amines is 1. The summed E-state index contributed by atoms with van der Waals surface area (Å²) < 4.78 is 0. The maximum atomic E-state index is 4.36. The standard InChI is InChI=1S/C14H19N3/c1-11-5-3-6-12(9-11)14-10-13(16-17-14)7-4-8-15-2/h3,5-6,9-10,15H,4,7-8H2,1-2H3,(H,16,17). The molecule has 1 aromatic heterocycles. The largest absolute Gasteiger partial charge is 0.320 e. The second kappa shape index (κ2) is 5.64. The molecular weight excluding hydrogens is 210 g/mol. The SMILES string of the molecule is CNCCCc1cc(-c2cccc(C)c2)n[nH]1. The van der Waals surface area contributed by atoms with E-state index in [9.17, 15) is 0 Å². The molecule has 17 heavy (non-hydrogen) atoms. The van der Waals surface area contributed by atoms with Gasteiger partial charge in [-0.2, -0.15) is 5.10 Å². The molecule has 90 valence electrons. The van der Waals surface area contributed by atoms with E-state index in [0.29, 0.717) is 0 Å². The molecule has 0 spiro atoms. The summed E-state index contributed by atoms with van der Waals surface area (Å²) in [5, 5.41) is 10.6. The molecule has 0 bridgehead atoms. The van der Waals surface area contributed by atoms with Crippen molar-refractivity contribution in [3.63, 3.8) is 0 Å². The number of nitrogens with zero attached hydrogens (tertiary/aromatic N) is 1. The number of rotatable bonds is 5. The van der Waals surface area contributed by atoms with E-state index in [2.05, 4.69) is 52.8 Å². The molecule has 2 rings (SSSR count). The number of hydrogen-bond acceptors (Lipinski definition) is 2. The predicted molar refractivity (Wildman–Crippen MR) is 71.0 cm³/mol. The van der Waals surface area contributed by atoms with E-state index in [1.165, 1.54) is 16.8 Å². The van der Waals surface area contributed by atoms with Crippen LogP contribution in [0.2, 0.25) is 0 Å². The first-order chi connectivity index (χ1) is 8.29. The van der Waals surface area contributed by atoms with Gasteiger partial charge >= 0.3 is 0 Å². The van der Waals surface area contributed by atoms with Crippen LogP contribution < -0.4 is 5.32 Å². The molecule has 1 aromatic carbocycles. The van der Waals surface area contributed by atoms with Crippen LogP contribution in [-0.4, -0.2) is 23.8 Å². The fraction of sp³-hybridized carbons (Fsp3) is 0.357. The first-order valence-corrected chi connectivity index (χ1v) is 6.05. The Bertz CT molecular complexity index is 474. The molecular formula is C14H19N3. The van der Waals surface area contributed by atoms with Gasteiger partial charge < -0.3 is 5.32 Å². The summed E-state index contributed by atoms with van der Waals surface area (Å²) in [6.07, 6.45) is 2.17. The summed E-state index contributed by atoms with van der Waals surface area (Å²) in [4.78, 5) is 0. The van der Waals surface area contributed by atoms with Gasteiger partial charge in [0.25, 0.3) is 0 Å². The van der Waals surface area contributed by atoms with Crippen LogP contribution in [0.25, 0.3) is 11.3 Å². The second-order valence-electron chi connectivity index (χ2n) is 4.36. The van der Waals surface area contributed by atoms with Gasteiger partial charge in [-0.25, -0.2) is 0 Å². The normalized spacial score (nSPS) is 10.7. The van der Waals surface area contributed by atoms with E-state index in [-0.39, 0.29) is 0 Å². The monoisotopic (exact) mass is 229 g/mol. The van der Waals surface area contributed by atoms with Crippen LogP contribution in [0, 0.1) is 6.92 Å². The lowest BCUT2D eigenvalue weighted by molar-refractivity contribution is 0.713. The Hall–Kier alpha value is -1.61. The van der Waals surface area contributed by atoms with E-state index in [4.69, 9.17) is 0 Å². The second-order valence-corrected chi connectivity index (χ2v) is 4.36. The topological polar surface area (TPSA) is 40.7 Å². The van der Waals surface area contributed by atoms with Gasteiger partial charge in [0.2, 0.25) is 0 Å². The number of H-pyrrole nitrogens is 1. The Kier molecular flexibility index (Phi) is 3.94. The molecule has 2 N–H and O–H groups in total. The molecule has 0 saturated carbocycles. The van der Waals surface area contributed by atoms with Gasteiger partial charge in [-0.3, -0.25) is 5.10 Å². The fourth-order valence-corrected chi connectivity index (χ4v) is 1.90. The van der Waals surface area contributed by atoms with Crippen LogP contribution >= 0.6 is 0 Å². The van der Waals surface area contributed by atoms with Gasteiger partial charge in [-0.05, 0) is 45.5 Å². The summed E-state index contributed by atoms with van der Waals surface area (Å²) in [6.45, 7) is 3.14. The highest BCUT2D eigenvalue weighted by molar-refractivity contribution is 5.60. The Balaban J connectivity index is 2.07. The molecule has 0 aliphatic rings. The van der Waals surface area contributed by atoms with E-state index < -0.39 is 0 Å². The van der Waals surface area contributed by atoms with E-state index in [1.54, 1.807) is 0 Å². The molecule has 1 heterocycles. The fourth-order valence-electron chi connectivity index (χ4n) is 1.90. The Morgan fingerprint density at radius 3 is 2.94 bits per heavy atom. The predicted octanol–water partition coefficient (Wildman–Crippen LogP) is 2.54. The molecule has 0 aliphatic carbocycles. The minimum Gasteiger partial charge on any atom is -0.320 e. The van der Waals surface area contributed by atoms with Gasteiger partial charge in [-0.15, -0.1) is 0 Å². The maximum Gasteiger partial charge on any atom is 0.0923 e. The Morgan fingerprint density at radius 2 is 2.18 bits per heavy atom. The van der Waals surface area contributed by atoms with Crippen molar-refractivity contribution in [3.8, 4) is 11.3 Å². The summed E-state index contributed by atoms with van der Waals surface area (Å²) >= 11 is 0. The molecule has 0 amide bonds. The molecule has 0 aliphatic heterocycles. The van der Waals surface area contributed by atoms with E-state index >= 15 is 0 Å². The van der Waals surface area contributed by atoms with Gasteiger partial charge in [0.1, 0.15) is 0 Å². The summed E-state index contributed by atoms with van der Waals surface area (Å²) in [7, 11) is 1.98. The first-order valence-electron chi connectivity index (χ1n) is 6.05. The van der Waals surface area contributed by atoms with Crippen LogP contribution in [0.15, 0.2) is 30.3 Å². The molecule has 0 atom stereocenters. The highest BCUT2D eigenvalue weighted by Gasteiger charge is 2.03. The molecule has 3 nitrogen and oxygen atoms in total. The van der Waals surface area contributed by atoms with Crippen LogP contribution in [0.3, 0.4) is 0 Å². The number of hydrogen-bond donors (Lipinski definition) is 2. The lowest BCUT2D eigenvalue weighted by Crippen LogP contribution is -2.08. The number of nitrogens with one attached hydrogen (secondary N) is 2. The summed E-state index contributed by atoms with van der Waals surface area (Å²) in [6, 6.07) is 10.6. The zero-order chi connectivity index (χ0) is 12.1. The third-order valence-corrected chi connectivity index (χ3v) is 2.82. The Morgan fingerprint density at radius 1 is 1.29 bits per heavy atom. The molecule has 0 radical (unpaired) electrons.